The van der Waals surface area contributed by atoms with E-state index in [1.807, 2.05) is 0 Å². The van der Waals surface area contributed by atoms with Crippen molar-refractivity contribution in [1.29, 1.82) is 0 Å². The van der Waals surface area contributed by atoms with E-state index in [2.05, 4.69) is 233 Å². The van der Waals surface area contributed by atoms with Crippen LogP contribution < -0.4 is 0 Å². The molecule has 0 aliphatic carbocycles. The summed E-state index contributed by atoms with van der Waals surface area (Å²) in [5.41, 5.74) is 0. The molecule has 0 aromatic heterocycles. The average molecular weight is 1160 g/mol. The first-order valence-corrected chi connectivity index (χ1v) is 35.0. The van der Waals surface area contributed by atoms with Gasteiger partial charge in [-0.2, -0.15) is 0 Å². The van der Waals surface area contributed by atoms with Crippen LogP contribution in [0.4, 0.5) is 0 Å². The maximum atomic E-state index is 2.57. The molecule has 0 spiro atoms. The van der Waals surface area contributed by atoms with Gasteiger partial charge < -0.3 is 38.8 Å². The normalized spacial score (nSPS) is 23.9. The first-order chi connectivity index (χ1) is 38.5. The van der Waals surface area contributed by atoms with E-state index in [0.717, 1.165) is 66.5 Å². The van der Waals surface area contributed by atoms with E-state index in [4.69, 9.17) is 0 Å². The number of likely N-dealkylation sites (tertiary alicyclic amines) is 5. The van der Waals surface area contributed by atoms with Gasteiger partial charge in [0.05, 0.1) is 27.2 Å². The van der Waals surface area contributed by atoms with Crippen LogP contribution in [-0.4, -0.2) is 323 Å². The van der Waals surface area contributed by atoms with Crippen LogP contribution in [0.3, 0.4) is 0 Å². The molecule has 82 heavy (non-hydrogen) atoms. The summed E-state index contributed by atoms with van der Waals surface area (Å²) in [6.07, 6.45) is 15.4. The van der Waals surface area contributed by atoms with Gasteiger partial charge in [-0.25, -0.2) is 0 Å². The molecule has 8 fully saturated rings. The molecule has 1 atom stereocenters. The fourth-order valence-corrected chi connectivity index (χ4v) is 12.4. The molecule has 1 unspecified atom stereocenters. The first-order valence-electron chi connectivity index (χ1n) is 35.0. The van der Waals surface area contributed by atoms with Gasteiger partial charge in [-0.3, -0.25) is 24.5 Å². The lowest BCUT2D eigenvalue weighted by atomic mass is 10.0. The molecule has 0 amide bonds. The van der Waals surface area contributed by atoms with E-state index in [-0.39, 0.29) is 0 Å². The highest BCUT2D eigenvalue weighted by atomic mass is 15.4. The molecule has 0 radical (unpaired) electrons. The smallest absolute Gasteiger partial charge is 0.0912 e. The highest BCUT2D eigenvalue weighted by Crippen LogP contribution is 2.18. The van der Waals surface area contributed by atoms with Gasteiger partial charge in [-0.1, -0.05) is 12.8 Å². The Morgan fingerprint density at radius 1 is 0.268 bits per heavy atom. The lowest BCUT2D eigenvalue weighted by Gasteiger charge is -2.40. The third-order valence-corrected chi connectivity index (χ3v) is 19.5. The van der Waals surface area contributed by atoms with Crippen molar-refractivity contribution < 1.29 is 4.48 Å². The van der Waals surface area contributed by atoms with Crippen LogP contribution in [0.2, 0.25) is 0 Å². The largest absolute Gasteiger partial charge is 0.326 e. The molecule has 8 rings (SSSR count). The van der Waals surface area contributed by atoms with Gasteiger partial charge in [-0.05, 0) is 270 Å². The fourth-order valence-electron chi connectivity index (χ4n) is 12.4. The van der Waals surface area contributed by atoms with Gasteiger partial charge in [0.2, 0.25) is 0 Å². The molecule has 492 valence electrons. The molecular weight excluding hydrogens is 1010 g/mol. The molecule has 0 bridgehead atoms. The number of nitrogens with zero attached hydrogens (tertiary/aromatic N) is 13. The van der Waals surface area contributed by atoms with E-state index in [1.54, 1.807) is 0 Å². The number of hydrogen-bond donors (Lipinski definition) is 0. The second-order valence-electron chi connectivity index (χ2n) is 29.7. The zero-order chi connectivity index (χ0) is 62.1. The minimum Gasteiger partial charge on any atom is -0.326 e. The summed E-state index contributed by atoms with van der Waals surface area (Å²) in [7, 11) is 15.6. The van der Waals surface area contributed by atoms with Crippen LogP contribution in [0, 0.1) is 0 Å². The van der Waals surface area contributed by atoms with Crippen molar-refractivity contribution in [2.24, 2.45) is 0 Å². The number of quaternary nitrogens is 1. The summed E-state index contributed by atoms with van der Waals surface area (Å²) in [5.74, 6) is 0. The van der Waals surface area contributed by atoms with Gasteiger partial charge >= 0.3 is 0 Å². The highest BCUT2D eigenvalue weighted by Gasteiger charge is 2.27. The van der Waals surface area contributed by atoms with Gasteiger partial charge in [0.25, 0.3) is 0 Å². The number of piperidine rings is 3. The van der Waals surface area contributed by atoms with Crippen molar-refractivity contribution in [2.45, 2.75) is 262 Å². The predicted octanol–water partition coefficient (Wildman–Crippen LogP) is 10.6. The van der Waals surface area contributed by atoms with Crippen LogP contribution in [0.1, 0.15) is 195 Å². The van der Waals surface area contributed by atoms with E-state index in [1.165, 1.54) is 219 Å². The van der Waals surface area contributed by atoms with Gasteiger partial charge in [0.15, 0.2) is 0 Å². The number of hydrogen-bond acceptors (Lipinski definition) is 12. The summed E-state index contributed by atoms with van der Waals surface area (Å²) in [5, 5.41) is 0. The van der Waals surface area contributed by atoms with E-state index in [9.17, 15) is 0 Å². The summed E-state index contributed by atoms with van der Waals surface area (Å²) >= 11 is 0. The van der Waals surface area contributed by atoms with Crippen LogP contribution in [0.25, 0.3) is 0 Å². The van der Waals surface area contributed by atoms with Crippen molar-refractivity contribution in [3.05, 3.63) is 0 Å². The Morgan fingerprint density at radius 3 is 0.732 bits per heavy atom. The quantitative estimate of drug-likeness (QED) is 0.185. The fraction of sp³-hybridized carbons (Fsp3) is 1.00. The molecule has 13 nitrogen and oxygen atoms in total. The highest BCUT2D eigenvalue weighted by molar-refractivity contribution is 4.83. The molecule has 8 aliphatic rings. The minimum absolute atomic E-state index is 0.722. The molecule has 0 N–H and O–H groups in total. The summed E-state index contributed by atoms with van der Waals surface area (Å²) in [4.78, 5) is 30.0. The maximum Gasteiger partial charge on any atom is 0.0912 e. The minimum atomic E-state index is 0.722. The molecule has 0 saturated carbocycles. The lowest BCUT2D eigenvalue weighted by molar-refractivity contribution is -0.894. The van der Waals surface area contributed by atoms with Crippen molar-refractivity contribution in [3.63, 3.8) is 0 Å². The molecule has 8 saturated heterocycles. The Bertz CT molecular complexity index is 1320. The van der Waals surface area contributed by atoms with Gasteiger partial charge in [0, 0.05) is 145 Å². The van der Waals surface area contributed by atoms with E-state index in [0.29, 0.717) is 0 Å². The van der Waals surface area contributed by atoms with Crippen LogP contribution in [0.5, 0.6) is 0 Å². The van der Waals surface area contributed by atoms with Crippen LogP contribution in [0.15, 0.2) is 0 Å². The second-order valence-corrected chi connectivity index (χ2v) is 29.7. The zero-order valence-electron chi connectivity index (χ0n) is 60.5. The predicted molar refractivity (Wildman–Crippen MR) is 365 cm³/mol. The lowest BCUT2D eigenvalue weighted by Crippen LogP contribution is -2.56. The van der Waals surface area contributed by atoms with Gasteiger partial charge in [0.1, 0.15) is 0 Å². The first kappa shape index (κ1) is 79.5. The Morgan fingerprint density at radius 2 is 0.488 bits per heavy atom. The topological polar surface area (TPSA) is 38.9 Å². The second kappa shape index (κ2) is 44.0. The Hall–Kier alpha value is -0.520. The number of rotatable bonds is 11. The Balaban J connectivity index is 0.000000470. The molecular formula is C69H152N13+. The Kier molecular flexibility index (Phi) is 42.7. The van der Waals surface area contributed by atoms with Crippen LogP contribution >= 0.6 is 0 Å². The standard InChI is InChI=1S/2C10H22N2.C9H21N2.C9H20N2.C8H18N2.2C8H17N.C7H15N/c1-9(2)12-7-5-10(6-8-12)11(3)4;1-9(2)11-5-7-12(8-6-11)10(3)4;1-9(2)10-5-7-11(3,4)8-6-10;1-8(2)11-6-5-9(7-11)10(3)4;1-8(2)10-6-4-9(3)5-7-10;2*1-8(2)9-6-4-3-5-7-9;1-7(2)8-5-3-4-6-8/h2*9-10H,5-8H2,1-4H3;9H,5-8H2,1-4H3;8-9H,5-7H2,1-4H3;8H,4-7H2,1-3H3;2*8H,3-7H2,1-2H3;7H,3-6H2,1-2H3/q;;+1;;;;;. The van der Waals surface area contributed by atoms with E-state index >= 15 is 0 Å². The van der Waals surface area contributed by atoms with E-state index < -0.39 is 0 Å². The third kappa shape index (κ3) is 35.5. The molecule has 13 heteroatoms. The Labute approximate surface area is 516 Å². The molecule has 8 aliphatic heterocycles. The third-order valence-electron chi connectivity index (χ3n) is 19.5. The van der Waals surface area contributed by atoms with Crippen molar-refractivity contribution >= 4 is 0 Å². The molecule has 0 aromatic rings. The van der Waals surface area contributed by atoms with Crippen molar-refractivity contribution in [1.82, 2.24) is 58.8 Å². The number of likely N-dealkylation sites (N-methyl/N-ethyl adjacent to an activating group) is 3. The molecule has 8 heterocycles. The van der Waals surface area contributed by atoms with Gasteiger partial charge in [-0.15, -0.1) is 0 Å². The summed E-state index contributed by atoms with van der Waals surface area (Å²) < 4.78 is 1.20. The van der Waals surface area contributed by atoms with Crippen molar-refractivity contribution in [3.8, 4) is 0 Å². The van der Waals surface area contributed by atoms with Crippen molar-refractivity contribution in [2.75, 3.05) is 193 Å². The monoisotopic (exact) mass is 1160 g/mol. The maximum absolute atomic E-state index is 2.57. The average Bonchev–Trinajstić information content (AvgIpc) is 4.19. The SMILES string of the molecule is CC(C)N1CCC(N(C)C)C1.CC(C)N1CCC(N(C)C)CC1.CC(C)N1CCCC1.CC(C)N1CCCCC1.CC(C)N1CCCCC1.CC(C)N1CCN(C(C)C)CC1.CC(C)N1CCN(C)CC1.CC(C)N1CC[N+](C)(C)CC1. The zero-order valence-corrected chi connectivity index (χ0v) is 60.5. The summed E-state index contributed by atoms with van der Waals surface area (Å²) in [6, 6.07) is 8.28. The number of piperazine rings is 3. The molecule has 0 aromatic carbocycles. The summed E-state index contributed by atoms with van der Waals surface area (Å²) in [6.45, 7) is 69.2. The van der Waals surface area contributed by atoms with Crippen LogP contribution in [-0.2, 0) is 0 Å².